The molecule has 0 heterocycles. The molecule has 15 heavy (non-hydrogen) atoms. The van der Waals surface area contributed by atoms with Gasteiger partial charge in [-0.25, -0.2) is 0 Å². The van der Waals surface area contributed by atoms with E-state index in [1.54, 1.807) is 6.07 Å². The summed E-state index contributed by atoms with van der Waals surface area (Å²) >= 11 is 0. The molecule has 0 bridgehead atoms. The van der Waals surface area contributed by atoms with Gasteiger partial charge in [0, 0.05) is 5.69 Å². The van der Waals surface area contributed by atoms with Crippen LogP contribution in [-0.4, -0.2) is 11.1 Å². The van der Waals surface area contributed by atoms with Crippen LogP contribution in [0.3, 0.4) is 0 Å². The first kappa shape index (κ1) is 11.6. The van der Waals surface area contributed by atoms with Crippen molar-refractivity contribution in [2.75, 3.05) is 5.73 Å². The average molecular weight is 207 g/mol. The van der Waals surface area contributed by atoms with Crippen LogP contribution in [-0.2, 0) is 11.2 Å². The first-order valence-corrected chi connectivity index (χ1v) is 5.08. The lowest BCUT2D eigenvalue weighted by Gasteiger charge is -2.16. The largest absolute Gasteiger partial charge is 0.481 e. The Kier molecular flexibility index (Phi) is 3.72. The third kappa shape index (κ3) is 3.27. The summed E-state index contributed by atoms with van der Waals surface area (Å²) in [5.74, 6) is -0.955. The predicted octanol–water partition coefficient (Wildman–Crippen LogP) is 2.17. The minimum atomic E-state index is -0.743. The van der Waals surface area contributed by atoms with Gasteiger partial charge in [0.2, 0.25) is 0 Å². The van der Waals surface area contributed by atoms with Crippen LogP contribution in [0.4, 0.5) is 5.69 Å². The predicted molar refractivity (Wildman–Crippen MR) is 60.5 cm³/mol. The normalized spacial score (nSPS) is 12.7. The van der Waals surface area contributed by atoms with Gasteiger partial charge in [-0.1, -0.05) is 26.0 Å². The third-order valence-electron chi connectivity index (χ3n) is 2.53. The second-order valence-electron chi connectivity index (χ2n) is 4.14. The van der Waals surface area contributed by atoms with Gasteiger partial charge in [0.1, 0.15) is 0 Å². The van der Waals surface area contributed by atoms with Gasteiger partial charge in [0.25, 0.3) is 0 Å². The number of benzene rings is 1. The Labute approximate surface area is 89.9 Å². The highest BCUT2D eigenvalue weighted by molar-refractivity contribution is 5.70. The molecule has 3 heteroatoms. The van der Waals surface area contributed by atoms with Crippen molar-refractivity contribution in [1.82, 2.24) is 0 Å². The van der Waals surface area contributed by atoms with Crippen molar-refractivity contribution in [2.45, 2.75) is 20.3 Å². The molecule has 0 aliphatic heterocycles. The molecule has 0 aliphatic rings. The topological polar surface area (TPSA) is 63.3 Å². The van der Waals surface area contributed by atoms with E-state index in [4.69, 9.17) is 10.8 Å². The number of anilines is 1. The smallest absolute Gasteiger partial charge is 0.307 e. The number of hydrogen-bond acceptors (Lipinski definition) is 2. The molecule has 0 saturated carbocycles. The molecule has 3 N–H and O–H groups in total. The van der Waals surface area contributed by atoms with E-state index in [1.165, 1.54) is 0 Å². The maximum absolute atomic E-state index is 11.0. The number of nitrogens with two attached hydrogens (primary N) is 1. The van der Waals surface area contributed by atoms with Gasteiger partial charge in [0.15, 0.2) is 0 Å². The SMILES string of the molecule is CC(C)C(Cc1cccc(N)c1)C(=O)O. The first-order valence-electron chi connectivity index (χ1n) is 5.08. The van der Waals surface area contributed by atoms with Gasteiger partial charge in [-0.15, -0.1) is 0 Å². The van der Waals surface area contributed by atoms with Crippen LogP contribution in [0.15, 0.2) is 24.3 Å². The molecular formula is C12H17NO2. The van der Waals surface area contributed by atoms with E-state index < -0.39 is 5.97 Å². The summed E-state index contributed by atoms with van der Waals surface area (Å²) in [7, 11) is 0. The maximum atomic E-state index is 11.0. The number of carbonyl (C=O) groups is 1. The van der Waals surface area contributed by atoms with Crippen molar-refractivity contribution in [2.24, 2.45) is 11.8 Å². The van der Waals surface area contributed by atoms with E-state index >= 15 is 0 Å². The fourth-order valence-corrected chi connectivity index (χ4v) is 1.58. The van der Waals surface area contributed by atoms with Crippen LogP contribution in [0.1, 0.15) is 19.4 Å². The van der Waals surface area contributed by atoms with Crippen molar-refractivity contribution in [3.8, 4) is 0 Å². The Balaban J connectivity index is 2.79. The van der Waals surface area contributed by atoms with E-state index in [0.717, 1.165) is 5.56 Å². The molecule has 3 nitrogen and oxygen atoms in total. The van der Waals surface area contributed by atoms with Gasteiger partial charge < -0.3 is 10.8 Å². The number of carboxylic acid groups (broad SMARTS) is 1. The minimum absolute atomic E-state index is 0.129. The van der Waals surface area contributed by atoms with Crippen LogP contribution in [0.5, 0.6) is 0 Å². The molecule has 0 fully saturated rings. The van der Waals surface area contributed by atoms with Crippen molar-refractivity contribution in [3.05, 3.63) is 29.8 Å². The van der Waals surface area contributed by atoms with E-state index in [0.29, 0.717) is 12.1 Å². The quantitative estimate of drug-likeness (QED) is 0.744. The monoisotopic (exact) mass is 207 g/mol. The van der Waals surface area contributed by atoms with Crippen LogP contribution in [0, 0.1) is 11.8 Å². The Hall–Kier alpha value is -1.51. The summed E-state index contributed by atoms with van der Waals surface area (Å²) in [6.07, 6.45) is 0.540. The third-order valence-corrected chi connectivity index (χ3v) is 2.53. The molecule has 1 aromatic carbocycles. The number of aliphatic carboxylic acids is 1. The Morgan fingerprint density at radius 2 is 2.13 bits per heavy atom. The number of rotatable bonds is 4. The fourth-order valence-electron chi connectivity index (χ4n) is 1.58. The standard InChI is InChI=1S/C12H17NO2/c1-8(2)11(12(14)15)7-9-4-3-5-10(13)6-9/h3-6,8,11H,7,13H2,1-2H3,(H,14,15). The molecule has 1 aromatic rings. The van der Waals surface area contributed by atoms with Crippen molar-refractivity contribution < 1.29 is 9.90 Å². The zero-order valence-electron chi connectivity index (χ0n) is 9.10. The maximum Gasteiger partial charge on any atom is 0.307 e. The van der Waals surface area contributed by atoms with Gasteiger partial charge >= 0.3 is 5.97 Å². The summed E-state index contributed by atoms with van der Waals surface area (Å²) in [5.41, 5.74) is 7.30. The molecule has 0 saturated heterocycles. The lowest BCUT2D eigenvalue weighted by Crippen LogP contribution is -2.22. The molecule has 82 valence electrons. The van der Waals surface area contributed by atoms with Crippen LogP contribution in [0.25, 0.3) is 0 Å². The molecule has 0 aliphatic carbocycles. The van der Waals surface area contributed by atoms with Crippen molar-refractivity contribution in [3.63, 3.8) is 0 Å². The van der Waals surface area contributed by atoms with Gasteiger partial charge in [0.05, 0.1) is 5.92 Å². The van der Waals surface area contributed by atoms with Gasteiger partial charge in [-0.3, -0.25) is 4.79 Å². The Bertz CT molecular complexity index is 347. The minimum Gasteiger partial charge on any atom is -0.481 e. The van der Waals surface area contributed by atoms with Crippen LogP contribution >= 0.6 is 0 Å². The van der Waals surface area contributed by atoms with E-state index in [2.05, 4.69) is 0 Å². The highest BCUT2D eigenvalue weighted by Gasteiger charge is 2.21. The zero-order chi connectivity index (χ0) is 11.4. The van der Waals surface area contributed by atoms with E-state index in [9.17, 15) is 4.79 Å². The van der Waals surface area contributed by atoms with Crippen molar-refractivity contribution >= 4 is 11.7 Å². The zero-order valence-corrected chi connectivity index (χ0v) is 9.10. The molecule has 1 rings (SSSR count). The molecule has 0 amide bonds. The number of carboxylic acids is 1. The van der Waals surface area contributed by atoms with E-state index in [-0.39, 0.29) is 11.8 Å². The summed E-state index contributed by atoms with van der Waals surface area (Å²) in [4.78, 5) is 11.0. The first-order chi connectivity index (χ1) is 7.00. The fraction of sp³-hybridized carbons (Fsp3) is 0.417. The highest BCUT2D eigenvalue weighted by Crippen LogP contribution is 2.18. The molecule has 1 unspecified atom stereocenters. The lowest BCUT2D eigenvalue weighted by molar-refractivity contribution is -0.143. The van der Waals surface area contributed by atoms with E-state index in [1.807, 2.05) is 32.0 Å². The van der Waals surface area contributed by atoms with Gasteiger partial charge in [-0.05, 0) is 30.0 Å². The lowest BCUT2D eigenvalue weighted by atomic mass is 9.89. The summed E-state index contributed by atoms with van der Waals surface area (Å²) in [6.45, 7) is 3.84. The highest BCUT2D eigenvalue weighted by atomic mass is 16.4. The second-order valence-corrected chi connectivity index (χ2v) is 4.14. The van der Waals surface area contributed by atoms with Crippen LogP contribution in [0.2, 0.25) is 0 Å². The Morgan fingerprint density at radius 1 is 1.47 bits per heavy atom. The molecular weight excluding hydrogens is 190 g/mol. The molecule has 1 atom stereocenters. The summed E-state index contributed by atoms with van der Waals surface area (Å²) in [5, 5.41) is 9.04. The average Bonchev–Trinajstić information content (AvgIpc) is 2.13. The second kappa shape index (κ2) is 4.82. The number of nitrogen functional groups attached to an aromatic ring is 1. The van der Waals surface area contributed by atoms with Crippen LogP contribution < -0.4 is 5.73 Å². The van der Waals surface area contributed by atoms with Gasteiger partial charge in [-0.2, -0.15) is 0 Å². The Morgan fingerprint density at radius 3 is 2.60 bits per heavy atom. The summed E-state index contributed by atoms with van der Waals surface area (Å²) < 4.78 is 0. The molecule has 0 aromatic heterocycles. The van der Waals surface area contributed by atoms with Crippen molar-refractivity contribution in [1.29, 1.82) is 0 Å². The molecule has 0 spiro atoms. The molecule has 0 radical (unpaired) electrons. The summed E-state index contributed by atoms with van der Waals surface area (Å²) in [6, 6.07) is 7.39. The number of hydrogen-bond donors (Lipinski definition) is 2.